The lowest BCUT2D eigenvalue weighted by Gasteiger charge is -2.10. The van der Waals surface area contributed by atoms with Crippen molar-refractivity contribution in [2.45, 2.75) is 11.4 Å². The number of hydrogen-bond donors (Lipinski definition) is 2. The Morgan fingerprint density at radius 1 is 1.29 bits per heavy atom. The van der Waals surface area contributed by atoms with Gasteiger partial charge in [0.15, 0.2) is 10.3 Å². The molecule has 0 aliphatic rings. The van der Waals surface area contributed by atoms with Crippen molar-refractivity contribution in [1.82, 2.24) is 19.6 Å². The van der Waals surface area contributed by atoms with E-state index in [0.29, 0.717) is 5.13 Å². The van der Waals surface area contributed by atoms with Gasteiger partial charge < -0.3 is 10.2 Å². The first-order valence-electron chi connectivity index (χ1n) is 7.33. The Balaban J connectivity index is 1.74. The number of carbonyl (C=O) groups excluding carboxylic acids is 1. The molecule has 0 unspecified atom stereocenters. The van der Waals surface area contributed by atoms with E-state index >= 15 is 0 Å². The molecule has 2 heterocycles. The molecule has 0 aliphatic heterocycles. The Labute approximate surface area is 181 Å². The fourth-order valence-electron chi connectivity index (χ4n) is 1.95. The highest BCUT2D eigenvalue weighted by Gasteiger charge is 2.22. The number of thiazole rings is 1. The molecule has 3 aromatic rings. The van der Waals surface area contributed by atoms with Crippen LogP contribution in [0.4, 0.5) is 5.13 Å². The van der Waals surface area contributed by atoms with Gasteiger partial charge in [-0.25, -0.2) is 18.1 Å². The largest absolute Gasteiger partial charge is 0.372 e. The van der Waals surface area contributed by atoms with Crippen LogP contribution in [0.25, 0.3) is 0 Å². The quantitative estimate of drug-likeness (QED) is 0.456. The maximum Gasteiger partial charge on any atom is 0.271 e. The van der Waals surface area contributed by atoms with Gasteiger partial charge in [0, 0.05) is 0 Å². The highest BCUT2D eigenvalue weighted by molar-refractivity contribution is 9.11. The lowest BCUT2D eigenvalue weighted by Crippen LogP contribution is -2.29. The van der Waals surface area contributed by atoms with Crippen LogP contribution >= 0.6 is 50.5 Å². The summed E-state index contributed by atoms with van der Waals surface area (Å²) in [6.45, 7) is -0.341. The summed E-state index contributed by atoms with van der Waals surface area (Å²) in [7, 11) is -3.99. The first kappa shape index (κ1) is 21.0. The summed E-state index contributed by atoms with van der Waals surface area (Å²) < 4.78 is 26.3. The molecule has 14 heteroatoms. The fourth-order valence-corrected chi connectivity index (χ4v) is 4.22. The zero-order valence-electron chi connectivity index (χ0n) is 13.6. The van der Waals surface area contributed by atoms with E-state index in [1.165, 1.54) is 29.7 Å². The van der Waals surface area contributed by atoms with Crippen molar-refractivity contribution in [1.29, 1.82) is 0 Å². The number of rotatable bonds is 7. The maximum absolute atomic E-state index is 12.3. The third-order valence-corrected chi connectivity index (χ3v) is 6.42. The van der Waals surface area contributed by atoms with Gasteiger partial charge in [0.05, 0.1) is 14.9 Å². The summed E-state index contributed by atoms with van der Waals surface area (Å²) >= 11 is 16.3. The summed E-state index contributed by atoms with van der Waals surface area (Å²) in [5.74, 6) is -0.727. The minimum absolute atomic E-state index is 0.0182. The Hall–Kier alpha value is -1.70. The predicted octanol–water partition coefficient (Wildman–Crippen LogP) is 3.32. The van der Waals surface area contributed by atoms with E-state index < -0.39 is 15.9 Å². The van der Waals surface area contributed by atoms with Crippen molar-refractivity contribution in [2.24, 2.45) is 0 Å². The van der Waals surface area contributed by atoms with Crippen LogP contribution in [-0.4, -0.2) is 29.1 Å². The van der Waals surface area contributed by atoms with E-state index in [1.807, 2.05) is 4.89 Å². The normalized spacial score (nSPS) is 11.4. The van der Waals surface area contributed by atoms with E-state index in [1.54, 1.807) is 18.2 Å². The lowest BCUT2D eigenvalue weighted by molar-refractivity contribution is -0.117. The van der Waals surface area contributed by atoms with Gasteiger partial charge in [0.1, 0.15) is 11.6 Å². The molecular formula is C14H10BrCl2N5O4S2. The van der Waals surface area contributed by atoms with Crippen LogP contribution in [-0.2, 0) is 21.4 Å². The average Bonchev–Trinajstić information content (AvgIpc) is 3.17. The van der Waals surface area contributed by atoms with Crippen molar-refractivity contribution in [2.75, 3.05) is 5.32 Å². The highest BCUT2D eigenvalue weighted by atomic mass is 79.9. The monoisotopic (exact) mass is 525 g/mol. The lowest BCUT2D eigenvalue weighted by atomic mass is 10.4. The second kappa shape index (κ2) is 8.76. The van der Waals surface area contributed by atoms with Crippen molar-refractivity contribution in [3.8, 4) is 5.88 Å². The second-order valence-electron chi connectivity index (χ2n) is 5.09. The van der Waals surface area contributed by atoms with Gasteiger partial charge in [-0.15, -0.1) is 0 Å². The minimum Gasteiger partial charge on any atom is -0.372 e. The number of anilines is 1. The summed E-state index contributed by atoms with van der Waals surface area (Å²) in [5.41, 5.74) is 0. The summed E-state index contributed by atoms with van der Waals surface area (Å²) in [4.78, 5) is 23.2. The number of carbonyl (C=O) groups is 1. The van der Waals surface area contributed by atoms with Gasteiger partial charge in [-0.05, 0) is 32.9 Å². The first-order valence-corrected chi connectivity index (χ1v) is 11.2. The Bertz CT molecular complexity index is 1100. The van der Waals surface area contributed by atoms with Gasteiger partial charge in [0.2, 0.25) is 5.91 Å². The van der Waals surface area contributed by atoms with Gasteiger partial charge in [-0.3, -0.25) is 4.79 Å². The molecule has 1 aromatic carbocycles. The van der Waals surface area contributed by atoms with Crippen LogP contribution in [0.1, 0.15) is 0 Å². The number of hydrogen-bond acceptors (Lipinski definition) is 7. The summed E-state index contributed by atoms with van der Waals surface area (Å²) in [6, 6.07) is 7.56. The van der Waals surface area contributed by atoms with Crippen LogP contribution in [0.5, 0.6) is 5.88 Å². The molecule has 0 aliphatic carbocycles. The zero-order chi connectivity index (χ0) is 20.3. The number of amides is 1. The topological polar surface area (TPSA) is 115 Å². The molecule has 0 saturated heterocycles. The third-order valence-electron chi connectivity index (χ3n) is 3.13. The number of nitrogens with zero attached hydrogens (tertiary/aromatic N) is 3. The zero-order valence-corrected chi connectivity index (χ0v) is 18.3. The number of benzene rings is 1. The molecule has 0 fully saturated rings. The van der Waals surface area contributed by atoms with Gasteiger partial charge in [0.25, 0.3) is 15.9 Å². The predicted molar refractivity (Wildman–Crippen MR) is 108 cm³/mol. The summed E-state index contributed by atoms with van der Waals surface area (Å²) in [5, 5.41) is 6.50. The Morgan fingerprint density at radius 3 is 2.64 bits per heavy atom. The molecule has 0 spiro atoms. The smallest absolute Gasteiger partial charge is 0.271 e. The van der Waals surface area contributed by atoms with Crippen molar-refractivity contribution >= 4 is 71.5 Å². The number of nitrogens with one attached hydrogen (secondary N) is 2. The molecule has 0 saturated carbocycles. The molecule has 0 bridgehead atoms. The molecule has 2 aromatic heterocycles. The highest BCUT2D eigenvalue weighted by Crippen LogP contribution is 2.31. The Morgan fingerprint density at radius 2 is 2.00 bits per heavy atom. The minimum atomic E-state index is -3.99. The molecule has 2 N–H and O–H groups in total. The number of aromatic nitrogens is 3. The van der Waals surface area contributed by atoms with Crippen molar-refractivity contribution in [3.05, 3.63) is 50.5 Å². The first-order chi connectivity index (χ1) is 13.3. The number of sulfonamides is 1. The molecule has 0 atom stereocenters. The second-order valence-corrected chi connectivity index (χ2v) is 9.88. The van der Waals surface area contributed by atoms with Gasteiger partial charge >= 0.3 is 0 Å². The average molecular weight is 527 g/mol. The third kappa shape index (κ3) is 5.01. The van der Waals surface area contributed by atoms with Crippen LogP contribution in [0.15, 0.2) is 45.2 Å². The molecule has 1 amide bonds. The van der Waals surface area contributed by atoms with Crippen molar-refractivity contribution in [3.63, 3.8) is 0 Å². The molecule has 28 heavy (non-hydrogen) atoms. The van der Waals surface area contributed by atoms with Crippen LogP contribution < -0.4 is 15.0 Å². The Kier molecular flexibility index (Phi) is 6.58. The van der Waals surface area contributed by atoms with Crippen LogP contribution in [0.2, 0.25) is 10.2 Å². The molecule has 0 radical (unpaired) electrons. The van der Waals surface area contributed by atoms with Crippen LogP contribution in [0, 0.1) is 0 Å². The fraction of sp³-hybridized carbons (Fsp3) is 0.0714. The van der Waals surface area contributed by atoms with E-state index in [2.05, 4.69) is 31.3 Å². The van der Waals surface area contributed by atoms with E-state index in [4.69, 9.17) is 28.0 Å². The SMILES string of the molecule is O=C(Cn1nc(Cl)c(Cl)c1ONS(=O)(=O)c1ccccc1)Nc1ncc(Br)s1. The molecule has 9 nitrogen and oxygen atoms in total. The van der Waals surface area contributed by atoms with Gasteiger partial charge in [-0.1, -0.05) is 52.7 Å². The standard InChI is InChI=1S/C14H10BrCl2N5O4S2/c15-9-6-18-14(27-9)19-10(23)7-22-13(11(16)12(17)20-22)26-21-28(24,25)8-4-2-1-3-5-8/h1-6,21H,7H2,(H,18,19,23). The number of halogens is 3. The van der Waals surface area contributed by atoms with Gasteiger partial charge in [-0.2, -0.15) is 5.10 Å². The molecule has 148 valence electrons. The van der Waals surface area contributed by atoms with E-state index in [0.717, 1.165) is 8.47 Å². The molecule has 3 rings (SSSR count). The van der Waals surface area contributed by atoms with E-state index in [9.17, 15) is 13.2 Å². The van der Waals surface area contributed by atoms with Crippen LogP contribution in [0.3, 0.4) is 0 Å². The maximum atomic E-state index is 12.3. The summed E-state index contributed by atoms with van der Waals surface area (Å²) in [6.07, 6.45) is 1.54. The molecular weight excluding hydrogens is 517 g/mol. The van der Waals surface area contributed by atoms with Crippen molar-refractivity contribution < 1.29 is 18.0 Å². The van der Waals surface area contributed by atoms with E-state index in [-0.39, 0.29) is 27.5 Å².